The largest absolute Gasteiger partial charge is 1.00 e. The van der Waals surface area contributed by atoms with Crippen LogP contribution >= 0.6 is 0 Å². The summed E-state index contributed by atoms with van der Waals surface area (Å²) in [5.74, 6) is 0.396. The van der Waals surface area contributed by atoms with Gasteiger partial charge >= 0.3 is 29.6 Å². The van der Waals surface area contributed by atoms with Gasteiger partial charge in [0.2, 0.25) is 10.4 Å². The number of unbranched alkanes of at least 4 members (excludes halogenated alkanes) is 4. The van der Waals surface area contributed by atoms with Crippen molar-refractivity contribution in [3.8, 4) is 0 Å². The molecule has 0 bridgehead atoms. The minimum absolute atomic E-state index is 0. The molecule has 0 aromatic heterocycles. The van der Waals surface area contributed by atoms with Gasteiger partial charge < -0.3 is 4.55 Å². The van der Waals surface area contributed by atoms with Crippen LogP contribution in [0.1, 0.15) is 78.6 Å². The minimum atomic E-state index is -4.58. The fourth-order valence-corrected chi connectivity index (χ4v) is 2.92. The Kier molecular flexibility index (Phi) is 15.7. The van der Waals surface area contributed by atoms with Gasteiger partial charge in [0.25, 0.3) is 0 Å². The van der Waals surface area contributed by atoms with Crippen molar-refractivity contribution in [2.45, 2.75) is 84.7 Å². The zero-order chi connectivity index (χ0) is 14.7. The van der Waals surface area contributed by atoms with Gasteiger partial charge in [0.1, 0.15) is 0 Å². The number of hydrogen-bond acceptors (Lipinski definition) is 4. The minimum Gasteiger partial charge on any atom is -0.726 e. The predicted molar refractivity (Wildman–Crippen MR) is 76.6 cm³/mol. The van der Waals surface area contributed by atoms with E-state index in [0.717, 1.165) is 32.1 Å². The Balaban J connectivity index is 0. The Bertz CT molecular complexity index is 306. The molecule has 2 atom stereocenters. The molecule has 0 aromatic carbocycles. The van der Waals surface area contributed by atoms with Gasteiger partial charge in [0.15, 0.2) is 0 Å². The fraction of sp³-hybridized carbons (Fsp3) is 1.00. The molecule has 0 aliphatic carbocycles. The Labute approximate surface area is 147 Å². The summed E-state index contributed by atoms with van der Waals surface area (Å²) in [5.41, 5.74) is 0. The van der Waals surface area contributed by atoms with Crippen LogP contribution in [0, 0.1) is 5.92 Å². The normalized spacial score (nSPS) is 14.6. The summed E-state index contributed by atoms with van der Waals surface area (Å²) < 4.78 is 36.9. The Hall–Kier alpha value is 0.870. The van der Waals surface area contributed by atoms with E-state index >= 15 is 0 Å². The van der Waals surface area contributed by atoms with Crippen molar-refractivity contribution in [1.29, 1.82) is 0 Å². The smallest absolute Gasteiger partial charge is 0.726 e. The van der Waals surface area contributed by atoms with Crippen molar-refractivity contribution in [2.24, 2.45) is 5.92 Å². The fourth-order valence-electron chi connectivity index (χ4n) is 2.41. The molecule has 2 unspecified atom stereocenters. The molecule has 0 aliphatic heterocycles. The Morgan fingerprint density at radius 1 is 1.00 bits per heavy atom. The summed E-state index contributed by atoms with van der Waals surface area (Å²) in [6.45, 7) is 6.33. The van der Waals surface area contributed by atoms with Gasteiger partial charge in [-0.25, -0.2) is 8.42 Å². The molecule has 0 spiro atoms. The van der Waals surface area contributed by atoms with Crippen LogP contribution in [0.2, 0.25) is 0 Å². The first-order valence-corrected chi connectivity index (χ1v) is 8.86. The SMILES string of the molecule is CCCCCCCC(CC(C)CCC)OS(=O)(=O)[O-].[Na+]. The number of hydrogen-bond donors (Lipinski definition) is 0. The van der Waals surface area contributed by atoms with E-state index in [2.05, 4.69) is 25.0 Å². The second-order valence-electron chi connectivity index (χ2n) is 5.46. The van der Waals surface area contributed by atoms with Crippen molar-refractivity contribution >= 4 is 10.4 Å². The maximum Gasteiger partial charge on any atom is 1.00 e. The van der Waals surface area contributed by atoms with Crippen molar-refractivity contribution in [1.82, 2.24) is 0 Å². The molecule has 0 aromatic rings. The maximum absolute atomic E-state index is 10.7. The molecule has 20 heavy (non-hydrogen) atoms. The average Bonchev–Trinajstić information content (AvgIpc) is 2.26. The summed E-state index contributed by atoms with van der Waals surface area (Å²) in [6, 6.07) is 0. The van der Waals surface area contributed by atoms with E-state index in [1.54, 1.807) is 0 Å². The van der Waals surface area contributed by atoms with Crippen molar-refractivity contribution in [3.63, 3.8) is 0 Å². The summed E-state index contributed by atoms with van der Waals surface area (Å²) in [5, 5.41) is 0. The van der Waals surface area contributed by atoms with Crippen LogP contribution in [-0.2, 0) is 14.6 Å². The molecule has 0 amide bonds. The molecule has 0 rings (SSSR count). The quantitative estimate of drug-likeness (QED) is 0.233. The summed E-state index contributed by atoms with van der Waals surface area (Å²) >= 11 is 0. The standard InChI is InChI=1S/C14H30O4S.Na/c1-4-6-7-8-9-11-14(18-19(15,16)17)12-13(3)10-5-2;/h13-14H,4-12H2,1-3H3,(H,15,16,17);/q;+1/p-1. The molecular formula is C14H29NaO4S. The second-order valence-corrected chi connectivity index (χ2v) is 6.47. The second kappa shape index (κ2) is 13.5. The first-order valence-electron chi connectivity index (χ1n) is 7.53. The molecule has 0 radical (unpaired) electrons. The third-order valence-corrected chi connectivity index (χ3v) is 3.84. The molecule has 0 aliphatic rings. The molecular weight excluding hydrogens is 287 g/mol. The zero-order valence-electron chi connectivity index (χ0n) is 13.6. The van der Waals surface area contributed by atoms with Crippen LogP contribution in [0.5, 0.6) is 0 Å². The van der Waals surface area contributed by atoms with Crippen LogP contribution < -0.4 is 29.6 Å². The molecule has 0 N–H and O–H groups in total. The summed E-state index contributed by atoms with van der Waals surface area (Å²) in [6.07, 6.45) is 8.54. The molecule has 0 heterocycles. The van der Waals surface area contributed by atoms with E-state index in [1.807, 2.05) is 0 Å². The van der Waals surface area contributed by atoms with Crippen LogP contribution in [-0.4, -0.2) is 19.1 Å². The van der Waals surface area contributed by atoms with Gasteiger partial charge in [-0.1, -0.05) is 65.7 Å². The van der Waals surface area contributed by atoms with E-state index < -0.39 is 16.5 Å². The van der Waals surface area contributed by atoms with Crippen molar-refractivity contribution in [2.75, 3.05) is 0 Å². The first-order chi connectivity index (χ1) is 8.89. The summed E-state index contributed by atoms with van der Waals surface area (Å²) in [4.78, 5) is 0. The van der Waals surface area contributed by atoms with Crippen LogP contribution in [0.3, 0.4) is 0 Å². The third kappa shape index (κ3) is 15.3. The van der Waals surface area contributed by atoms with E-state index in [0.29, 0.717) is 18.8 Å². The van der Waals surface area contributed by atoms with Crippen molar-refractivity contribution < 1.29 is 46.7 Å². The molecule has 0 saturated carbocycles. The summed E-state index contributed by atoms with van der Waals surface area (Å²) in [7, 11) is -4.58. The van der Waals surface area contributed by atoms with E-state index in [9.17, 15) is 13.0 Å². The van der Waals surface area contributed by atoms with E-state index in [-0.39, 0.29) is 29.6 Å². The molecule has 116 valence electrons. The van der Waals surface area contributed by atoms with Crippen LogP contribution in [0.4, 0.5) is 0 Å². The van der Waals surface area contributed by atoms with E-state index in [4.69, 9.17) is 0 Å². The van der Waals surface area contributed by atoms with Gasteiger partial charge in [0.05, 0.1) is 6.10 Å². The van der Waals surface area contributed by atoms with Gasteiger partial charge in [-0.05, 0) is 18.8 Å². The topological polar surface area (TPSA) is 66.4 Å². The molecule has 0 saturated heterocycles. The van der Waals surface area contributed by atoms with E-state index in [1.165, 1.54) is 12.8 Å². The van der Waals surface area contributed by atoms with Gasteiger partial charge in [-0.2, -0.15) is 0 Å². The number of rotatable bonds is 12. The van der Waals surface area contributed by atoms with Crippen LogP contribution in [0.25, 0.3) is 0 Å². The predicted octanol–water partition coefficient (Wildman–Crippen LogP) is 1.02. The first kappa shape index (κ1) is 23.1. The average molecular weight is 316 g/mol. The Morgan fingerprint density at radius 2 is 1.60 bits per heavy atom. The van der Waals surface area contributed by atoms with Gasteiger partial charge in [0, 0.05) is 0 Å². The molecule has 6 heteroatoms. The van der Waals surface area contributed by atoms with Gasteiger partial charge in [-0.3, -0.25) is 4.18 Å². The third-order valence-electron chi connectivity index (χ3n) is 3.33. The van der Waals surface area contributed by atoms with Crippen molar-refractivity contribution in [3.05, 3.63) is 0 Å². The van der Waals surface area contributed by atoms with Crippen LogP contribution in [0.15, 0.2) is 0 Å². The Morgan fingerprint density at radius 3 is 2.10 bits per heavy atom. The molecule has 0 fully saturated rings. The maximum atomic E-state index is 10.7. The van der Waals surface area contributed by atoms with Gasteiger partial charge in [-0.15, -0.1) is 0 Å². The monoisotopic (exact) mass is 316 g/mol. The zero-order valence-corrected chi connectivity index (χ0v) is 16.4. The molecule has 4 nitrogen and oxygen atoms in total.